The lowest BCUT2D eigenvalue weighted by molar-refractivity contribution is 0.0709. The third-order valence-electron chi connectivity index (χ3n) is 4.87. The first-order chi connectivity index (χ1) is 13.7. The zero-order chi connectivity index (χ0) is 19.5. The molecule has 1 atom stereocenters. The van der Waals surface area contributed by atoms with Gasteiger partial charge in [-0.15, -0.1) is 10.2 Å². The quantitative estimate of drug-likeness (QED) is 0.679. The molecule has 28 heavy (non-hydrogen) atoms. The van der Waals surface area contributed by atoms with Gasteiger partial charge in [0.25, 0.3) is 5.91 Å². The molecule has 144 valence electrons. The Bertz CT molecular complexity index is 941. The van der Waals surface area contributed by atoms with Gasteiger partial charge in [0.15, 0.2) is 0 Å². The fourth-order valence-electron chi connectivity index (χ4n) is 3.44. The van der Waals surface area contributed by atoms with E-state index >= 15 is 0 Å². The van der Waals surface area contributed by atoms with Gasteiger partial charge in [0.1, 0.15) is 11.9 Å². The van der Waals surface area contributed by atoms with Crippen molar-refractivity contribution in [2.24, 2.45) is 0 Å². The Kier molecular flexibility index (Phi) is 4.97. The number of fused-ring (bicyclic) bond motifs is 1. The first kappa shape index (κ1) is 18.0. The van der Waals surface area contributed by atoms with Crippen LogP contribution in [0.25, 0.3) is 11.5 Å². The van der Waals surface area contributed by atoms with Crippen molar-refractivity contribution in [3.8, 4) is 17.2 Å². The van der Waals surface area contributed by atoms with Crippen molar-refractivity contribution >= 4 is 11.6 Å². The Morgan fingerprint density at radius 1 is 1.21 bits per heavy atom. The molecular weight excluding hydrogens is 356 g/mol. The fraction of sp³-hybridized carbons (Fsp3) is 0.286. The fourth-order valence-corrected chi connectivity index (χ4v) is 3.44. The molecular formula is C21H22N4O3. The van der Waals surface area contributed by atoms with Crippen molar-refractivity contribution < 1.29 is 13.9 Å². The van der Waals surface area contributed by atoms with Gasteiger partial charge in [0, 0.05) is 24.7 Å². The number of para-hydroxylation sites is 2. The maximum Gasteiger partial charge on any atom is 0.253 e. The summed E-state index contributed by atoms with van der Waals surface area (Å²) in [4.78, 5) is 16.8. The van der Waals surface area contributed by atoms with Crippen LogP contribution in [0, 0.1) is 0 Å². The first-order valence-corrected chi connectivity index (χ1v) is 9.28. The largest absolute Gasteiger partial charge is 0.485 e. The standard InChI is InChI=1S/C21H22N4O3/c1-3-25-13-17(28-19-7-5-4-6-18(19)25)12-24(2)21(26)16-10-8-15(9-11-16)20-23-22-14-27-20/h4-11,14,17H,3,12-13H2,1-2H3/t17-/m1/s1. The molecule has 2 heterocycles. The summed E-state index contributed by atoms with van der Waals surface area (Å²) in [5, 5.41) is 7.54. The molecule has 0 aliphatic carbocycles. The second kappa shape index (κ2) is 7.72. The number of carbonyl (C=O) groups excluding carboxylic acids is 1. The summed E-state index contributed by atoms with van der Waals surface area (Å²) in [7, 11) is 1.80. The highest BCUT2D eigenvalue weighted by molar-refractivity contribution is 5.94. The smallest absolute Gasteiger partial charge is 0.253 e. The second-order valence-corrected chi connectivity index (χ2v) is 6.75. The lowest BCUT2D eigenvalue weighted by Gasteiger charge is -2.37. The monoisotopic (exact) mass is 378 g/mol. The van der Waals surface area contributed by atoms with E-state index in [9.17, 15) is 4.79 Å². The molecule has 4 rings (SSSR count). The van der Waals surface area contributed by atoms with Crippen molar-refractivity contribution in [3.63, 3.8) is 0 Å². The summed E-state index contributed by atoms with van der Waals surface area (Å²) in [6.45, 7) is 4.28. The Morgan fingerprint density at radius 2 is 2.00 bits per heavy atom. The molecule has 0 N–H and O–H groups in total. The Balaban J connectivity index is 1.43. The number of rotatable bonds is 5. The molecule has 7 nitrogen and oxygen atoms in total. The van der Waals surface area contributed by atoms with Crippen LogP contribution in [0.5, 0.6) is 5.75 Å². The lowest BCUT2D eigenvalue weighted by atomic mass is 10.1. The molecule has 1 aliphatic rings. The molecule has 7 heteroatoms. The number of likely N-dealkylation sites (N-methyl/N-ethyl adjacent to an activating group) is 2. The van der Waals surface area contributed by atoms with Gasteiger partial charge in [0.2, 0.25) is 12.3 Å². The Hall–Kier alpha value is -3.35. The van der Waals surface area contributed by atoms with Gasteiger partial charge in [-0.3, -0.25) is 4.79 Å². The normalized spacial score (nSPS) is 15.6. The van der Waals surface area contributed by atoms with Crippen molar-refractivity contribution in [2.45, 2.75) is 13.0 Å². The van der Waals surface area contributed by atoms with Crippen LogP contribution in [0.15, 0.2) is 59.3 Å². The predicted octanol–water partition coefficient (Wildman–Crippen LogP) is 3.10. The van der Waals surface area contributed by atoms with Crippen molar-refractivity contribution in [1.29, 1.82) is 0 Å². The lowest BCUT2D eigenvalue weighted by Crippen LogP contribution is -2.46. The van der Waals surface area contributed by atoms with Gasteiger partial charge < -0.3 is 19.0 Å². The highest BCUT2D eigenvalue weighted by Gasteiger charge is 2.27. The number of hydrogen-bond acceptors (Lipinski definition) is 6. The number of hydrogen-bond donors (Lipinski definition) is 0. The molecule has 0 saturated carbocycles. The SMILES string of the molecule is CCN1C[C@@H](CN(C)C(=O)c2ccc(-c3nnco3)cc2)Oc2ccccc21. The van der Waals surface area contributed by atoms with Gasteiger partial charge in [-0.25, -0.2) is 0 Å². The van der Waals surface area contributed by atoms with Crippen LogP contribution in [-0.4, -0.2) is 53.8 Å². The summed E-state index contributed by atoms with van der Waals surface area (Å²) < 4.78 is 11.3. The van der Waals surface area contributed by atoms with E-state index in [0.717, 1.165) is 30.1 Å². The topological polar surface area (TPSA) is 71.7 Å². The summed E-state index contributed by atoms with van der Waals surface area (Å²) in [5.41, 5.74) is 2.49. The summed E-state index contributed by atoms with van der Waals surface area (Å²) in [5.74, 6) is 1.24. The van der Waals surface area contributed by atoms with Crippen molar-refractivity contribution in [2.75, 3.05) is 31.6 Å². The third-order valence-corrected chi connectivity index (χ3v) is 4.87. The van der Waals surface area contributed by atoms with Crippen LogP contribution in [-0.2, 0) is 0 Å². The van der Waals surface area contributed by atoms with Gasteiger partial charge in [-0.1, -0.05) is 12.1 Å². The maximum atomic E-state index is 12.8. The van der Waals surface area contributed by atoms with Crippen LogP contribution in [0.1, 0.15) is 17.3 Å². The minimum atomic E-state index is -0.0820. The number of amides is 1. The molecule has 3 aromatic rings. The average Bonchev–Trinajstić information content (AvgIpc) is 3.27. The number of anilines is 1. The molecule has 0 spiro atoms. The predicted molar refractivity (Wildman–Crippen MR) is 105 cm³/mol. The molecule has 1 amide bonds. The van der Waals surface area contributed by atoms with E-state index in [4.69, 9.17) is 9.15 Å². The van der Waals surface area contributed by atoms with E-state index in [2.05, 4.69) is 28.1 Å². The van der Waals surface area contributed by atoms with Crippen molar-refractivity contribution in [1.82, 2.24) is 15.1 Å². The van der Waals surface area contributed by atoms with Crippen LogP contribution >= 0.6 is 0 Å². The summed E-state index contributed by atoms with van der Waals surface area (Å²) >= 11 is 0. The van der Waals surface area contributed by atoms with Gasteiger partial charge in [0.05, 0.1) is 18.8 Å². The average molecular weight is 378 g/mol. The molecule has 1 aliphatic heterocycles. The molecule has 0 saturated heterocycles. The number of benzene rings is 2. The molecule has 1 aromatic heterocycles. The van der Waals surface area contributed by atoms with E-state index in [1.54, 1.807) is 36.2 Å². The van der Waals surface area contributed by atoms with Crippen LogP contribution < -0.4 is 9.64 Å². The molecule has 0 fully saturated rings. The minimum absolute atomic E-state index is 0.0532. The maximum absolute atomic E-state index is 12.8. The van der Waals surface area contributed by atoms with E-state index in [1.165, 1.54) is 6.39 Å². The van der Waals surface area contributed by atoms with E-state index < -0.39 is 0 Å². The number of nitrogens with zero attached hydrogens (tertiary/aromatic N) is 4. The van der Waals surface area contributed by atoms with E-state index in [-0.39, 0.29) is 12.0 Å². The zero-order valence-electron chi connectivity index (χ0n) is 15.9. The van der Waals surface area contributed by atoms with Crippen molar-refractivity contribution in [3.05, 3.63) is 60.5 Å². The summed E-state index contributed by atoms with van der Waals surface area (Å²) in [6, 6.07) is 15.2. The summed E-state index contributed by atoms with van der Waals surface area (Å²) in [6.07, 6.45) is 1.20. The highest BCUT2D eigenvalue weighted by Crippen LogP contribution is 2.33. The molecule has 0 unspecified atom stereocenters. The van der Waals surface area contributed by atoms with Crippen LogP contribution in [0.3, 0.4) is 0 Å². The van der Waals surface area contributed by atoms with E-state index in [1.807, 2.05) is 18.2 Å². The molecule has 2 aromatic carbocycles. The molecule has 0 bridgehead atoms. The Labute approximate surface area is 163 Å². The van der Waals surface area contributed by atoms with Crippen LogP contribution in [0.4, 0.5) is 5.69 Å². The van der Waals surface area contributed by atoms with Crippen LogP contribution in [0.2, 0.25) is 0 Å². The Morgan fingerprint density at radius 3 is 2.71 bits per heavy atom. The molecule has 0 radical (unpaired) electrons. The van der Waals surface area contributed by atoms with Gasteiger partial charge in [-0.05, 0) is 43.3 Å². The van der Waals surface area contributed by atoms with Gasteiger partial charge >= 0.3 is 0 Å². The number of carbonyl (C=O) groups is 1. The minimum Gasteiger partial charge on any atom is -0.485 e. The van der Waals surface area contributed by atoms with E-state index in [0.29, 0.717) is 18.0 Å². The second-order valence-electron chi connectivity index (χ2n) is 6.75. The first-order valence-electron chi connectivity index (χ1n) is 9.28. The zero-order valence-corrected chi connectivity index (χ0v) is 15.9. The number of ether oxygens (including phenoxy) is 1. The third kappa shape index (κ3) is 3.55. The highest BCUT2D eigenvalue weighted by atomic mass is 16.5. The van der Waals surface area contributed by atoms with Gasteiger partial charge in [-0.2, -0.15) is 0 Å². The number of aromatic nitrogens is 2.